The number of furan rings is 1. The van der Waals surface area contributed by atoms with E-state index < -0.39 is 0 Å². The predicted molar refractivity (Wildman–Crippen MR) is 258 cm³/mol. The van der Waals surface area contributed by atoms with Gasteiger partial charge in [0.15, 0.2) is 11.6 Å². The number of para-hydroxylation sites is 3. The predicted octanol–water partition coefficient (Wildman–Crippen LogP) is 14.7. The van der Waals surface area contributed by atoms with E-state index in [2.05, 4.69) is 203 Å². The fraction of sp³-hybridized carbons (Fsp3) is 0. The van der Waals surface area contributed by atoms with Crippen molar-refractivity contribution in [3.8, 4) is 45.5 Å². The van der Waals surface area contributed by atoms with E-state index in [1.165, 1.54) is 21.5 Å². The lowest BCUT2D eigenvalue weighted by molar-refractivity contribution is 0.670. The molecule has 4 heterocycles. The number of nitrogens with zero attached hydrogens (tertiary/aromatic N) is 5. The van der Waals surface area contributed by atoms with Gasteiger partial charge < -0.3 is 8.98 Å². The van der Waals surface area contributed by atoms with Crippen LogP contribution in [0.3, 0.4) is 0 Å². The van der Waals surface area contributed by atoms with Gasteiger partial charge in [0.1, 0.15) is 11.2 Å². The lowest BCUT2D eigenvalue weighted by Crippen LogP contribution is -2.07. The van der Waals surface area contributed by atoms with Crippen LogP contribution in [0.4, 0.5) is 0 Å². The molecule has 14 aromatic rings. The van der Waals surface area contributed by atoms with Crippen LogP contribution in [0.2, 0.25) is 0 Å². The summed E-state index contributed by atoms with van der Waals surface area (Å²) in [7, 11) is 0. The molecule has 0 amide bonds. The first-order valence-electron chi connectivity index (χ1n) is 21.3. The molecule has 0 N–H and O–H groups in total. The molecule has 0 saturated carbocycles. The standard InChI is InChI=1S/C57H33N5O/c1-3-14-34(15-4-1)35-26-28-36(29-27-35)55-58-56(46-33-30-43-39-19-8-7-18-38(39)42-22-13-25-49-50(42)51(43)54(46)63-49)60-57(59-55)62-48-24-12-10-21-41(48)45-32-31-44-40-20-9-11-23-47(40)61(52(44)53(45)62)37-16-5-2-6-17-37/h1-33H. The molecule has 0 radical (unpaired) electrons. The Morgan fingerprint density at radius 3 is 1.57 bits per heavy atom. The van der Waals surface area contributed by atoms with Crippen LogP contribution in [0, 0.1) is 0 Å². The minimum atomic E-state index is 0.525. The minimum absolute atomic E-state index is 0.525. The van der Waals surface area contributed by atoms with Gasteiger partial charge in [0.2, 0.25) is 5.95 Å². The fourth-order valence-corrected chi connectivity index (χ4v) is 10.2. The van der Waals surface area contributed by atoms with Crippen molar-refractivity contribution in [2.75, 3.05) is 0 Å². The number of aromatic nitrogens is 5. The molecular formula is C57H33N5O. The van der Waals surface area contributed by atoms with Crippen molar-refractivity contribution in [3.05, 3.63) is 200 Å². The van der Waals surface area contributed by atoms with Gasteiger partial charge in [0.05, 0.1) is 27.6 Å². The SMILES string of the molecule is c1ccc(-c2ccc(-c3nc(-c4ccc5c6ccccc6c6cccc7oc4c5c76)nc(-n4c5ccccc5c5ccc6c7ccccc7n(-c7ccccc7)c6c54)n3)cc2)cc1. The van der Waals surface area contributed by atoms with Crippen molar-refractivity contribution in [3.63, 3.8) is 0 Å². The fourth-order valence-electron chi connectivity index (χ4n) is 10.2. The van der Waals surface area contributed by atoms with E-state index in [-0.39, 0.29) is 0 Å². The van der Waals surface area contributed by atoms with E-state index in [9.17, 15) is 0 Å². The topological polar surface area (TPSA) is 61.7 Å². The summed E-state index contributed by atoms with van der Waals surface area (Å²) >= 11 is 0. The molecule has 292 valence electrons. The maximum atomic E-state index is 6.90. The van der Waals surface area contributed by atoms with E-state index in [0.29, 0.717) is 17.6 Å². The van der Waals surface area contributed by atoms with Crippen LogP contribution in [0.15, 0.2) is 205 Å². The molecule has 14 rings (SSSR count). The Morgan fingerprint density at radius 2 is 0.857 bits per heavy atom. The first kappa shape index (κ1) is 34.1. The van der Waals surface area contributed by atoms with Crippen LogP contribution in [-0.2, 0) is 0 Å². The Labute approximate surface area is 359 Å². The monoisotopic (exact) mass is 803 g/mol. The van der Waals surface area contributed by atoms with Crippen molar-refractivity contribution < 1.29 is 4.42 Å². The molecule has 0 aliphatic rings. The van der Waals surface area contributed by atoms with Crippen LogP contribution < -0.4 is 0 Å². The van der Waals surface area contributed by atoms with Crippen molar-refractivity contribution in [1.29, 1.82) is 0 Å². The van der Waals surface area contributed by atoms with E-state index in [1.54, 1.807) is 0 Å². The second kappa shape index (κ2) is 12.9. The highest BCUT2D eigenvalue weighted by atomic mass is 16.3. The molecular weight excluding hydrogens is 771 g/mol. The highest BCUT2D eigenvalue weighted by Gasteiger charge is 2.26. The van der Waals surface area contributed by atoms with Crippen molar-refractivity contribution in [2.45, 2.75) is 0 Å². The van der Waals surface area contributed by atoms with E-state index in [4.69, 9.17) is 19.4 Å². The van der Waals surface area contributed by atoms with Gasteiger partial charge in [-0.1, -0.05) is 164 Å². The third kappa shape index (κ3) is 4.86. The smallest absolute Gasteiger partial charge is 0.238 e. The van der Waals surface area contributed by atoms with Crippen LogP contribution in [0.5, 0.6) is 0 Å². The largest absolute Gasteiger partial charge is 0.455 e. The number of rotatable bonds is 5. The van der Waals surface area contributed by atoms with Crippen molar-refractivity contribution in [2.24, 2.45) is 0 Å². The van der Waals surface area contributed by atoms with E-state index in [0.717, 1.165) is 93.5 Å². The summed E-state index contributed by atoms with van der Waals surface area (Å²) in [5, 5.41) is 11.5. The molecule has 6 heteroatoms. The zero-order valence-electron chi connectivity index (χ0n) is 33.7. The third-order valence-corrected chi connectivity index (χ3v) is 13.0. The second-order valence-corrected chi connectivity index (χ2v) is 16.3. The second-order valence-electron chi connectivity index (χ2n) is 16.3. The molecule has 0 aliphatic carbocycles. The Bertz CT molecular complexity index is 4130. The molecule has 63 heavy (non-hydrogen) atoms. The lowest BCUT2D eigenvalue weighted by Gasteiger charge is -2.14. The minimum Gasteiger partial charge on any atom is -0.455 e. The van der Waals surface area contributed by atoms with Gasteiger partial charge in [-0.15, -0.1) is 0 Å². The van der Waals surface area contributed by atoms with Crippen molar-refractivity contribution in [1.82, 2.24) is 24.1 Å². The van der Waals surface area contributed by atoms with Gasteiger partial charge in [-0.2, -0.15) is 9.97 Å². The average Bonchev–Trinajstić information content (AvgIpc) is 4.03. The summed E-state index contributed by atoms with van der Waals surface area (Å²) in [6.07, 6.45) is 0. The lowest BCUT2D eigenvalue weighted by atomic mass is 9.93. The molecule has 0 bridgehead atoms. The summed E-state index contributed by atoms with van der Waals surface area (Å²) in [6, 6.07) is 70.7. The number of hydrogen-bond donors (Lipinski definition) is 0. The highest BCUT2D eigenvalue weighted by Crippen LogP contribution is 2.46. The van der Waals surface area contributed by atoms with E-state index in [1.807, 2.05) is 6.07 Å². The Morgan fingerprint density at radius 1 is 0.333 bits per heavy atom. The average molecular weight is 804 g/mol. The summed E-state index contributed by atoms with van der Waals surface area (Å²) in [5.41, 5.74) is 10.9. The maximum Gasteiger partial charge on any atom is 0.238 e. The third-order valence-electron chi connectivity index (χ3n) is 13.0. The Balaban J connectivity index is 1.10. The molecule has 6 nitrogen and oxygen atoms in total. The van der Waals surface area contributed by atoms with Crippen LogP contribution in [-0.4, -0.2) is 24.1 Å². The van der Waals surface area contributed by atoms with Gasteiger partial charge in [-0.25, -0.2) is 4.98 Å². The normalized spacial score (nSPS) is 12.1. The molecule has 10 aromatic carbocycles. The van der Waals surface area contributed by atoms with Gasteiger partial charge in [0.25, 0.3) is 0 Å². The maximum absolute atomic E-state index is 6.90. The Kier molecular flexibility index (Phi) is 7.02. The zero-order chi connectivity index (χ0) is 41.2. The summed E-state index contributed by atoms with van der Waals surface area (Å²) in [6.45, 7) is 0. The van der Waals surface area contributed by atoms with Gasteiger partial charge in [-0.05, 0) is 69.1 Å². The molecule has 0 atom stereocenters. The van der Waals surface area contributed by atoms with E-state index >= 15 is 0 Å². The number of fused-ring (bicyclic) bond motifs is 10. The van der Waals surface area contributed by atoms with Crippen molar-refractivity contribution >= 4 is 87.1 Å². The molecule has 0 spiro atoms. The summed E-state index contributed by atoms with van der Waals surface area (Å²) < 4.78 is 11.5. The number of benzene rings is 10. The molecule has 0 unspecified atom stereocenters. The quantitative estimate of drug-likeness (QED) is 0.163. The van der Waals surface area contributed by atoms with Crippen LogP contribution >= 0.6 is 0 Å². The summed E-state index contributed by atoms with van der Waals surface area (Å²) in [4.78, 5) is 16.3. The first-order valence-corrected chi connectivity index (χ1v) is 21.3. The van der Waals surface area contributed by atoms with Crippen LogP contribution in [0.1, 0.15) is 0 Å². The Hall–Kier alpha value is -8.61. The molecule has 0 saturated heterocycles. The van der Waals surface area contributed by atoms with Gasteiger partial charge in [-0.3, -0.25) is 4.57 Å². The summed E-state index contributed by atoms with van der Waals surface area (Å²) in [5.74, 6) is 1.63. The van der Waals surface area contributed by atoms with Gasteiger partial charge in [0, 0.05) is 43.6 Å². The first-order chi connectivity index (χ1) is 31.3. The number of hydrogen-bond acceptors (Lipinski definition) is 4. The highest BCUT2D eigenvalue weighted by molar-refractivity contribution is 6.34. The zero-order valence-corrected chi connectivity index (χ0v) is 33.7. The van der Waals surface area contributed by atoms with Gasteiger partial charge >= 0.3 is 0 Å². The molecule has 0 aliphatic heterocycles. The van der Waals surface area contributed by atoms with Crippen LogP contribution in [0.25, 0.3) is 133 Å². The molecule has 4 aromatic heterocycles. The molecule has 0 fully saturated rings.